The molecular weight excluding hydrogens is 392 g/mol. The largest absolute Gasteiger partial charge is 0.459 e. The summed E-state index contributed by atoms with van der Waals surface area (Å²) >= 11 is 0. The average molecular weight is 414 g/mol. The SMILES string of the molecule is O=C(Cn1cc(NC(=O)c2ccco2)cn1)NCC(c1ccccc1)c1ccccc1. The van der Waals surface area contributed by atoms with E-state index in [9.17, 15) is 9.59 Å². The molecule has 7 nitrogen and oxygen atoms in total. The molecule has 0 fully saturated rings. The third-order valence-corrected chi connectivity index (χ3v) is 4.85. The lowest BCUT2D eigenvalue weighted by Gasteiger charge is -2.19. The molecule has 2 aromatic carbocycles. The zero-order valence-electron chi connectivity index (χ0n) is 16.8. The second kappa shape index (κ2) is 9.58. The van der Waals surface area contributed by atoms with E-state index in [1.54, 1.807) is 18.3 Å². The number of aromatic nitrogens is 2. The molecule has 7 heteroatoms. The number of furan rings is 1. The van der Waals surface area contributed by atoms with E-state index in [0.717, 1.165) is 11.1 Å². The number of nitrogens with zero attached hydrogens (tertiary/aromatic N) is 2. The highest BCUT2D eigenvalue weighted by Gasteiger charge is 2.16. The maximum Gasteiger partial charge on any atom is 0.291 e. The topological polar surface area (TPSA) is 89.2 Å². The minimum absolute atomic E-state index is 0.0483. The van der Waals surface area contributed by atoms with Crippen LogP contribution >= 0.6 is 0 Å². The highest BCUT2D eigenvalue weighted by Crippen LogP contribution is 2.23. The molecular formula is C24H22N4O3. The van der Waals surface area contributed by atoms with Crippen molar-refractivity contribution in [2.75, 3.05) is 11.9 Å². The van der Waals surface area contributed by atoms with Crippen molar-refractivity contribution in [1.29, 1.82) is 0 Å². The number of benzene rings is 2. The van der Waals surface area contributed by atoms with Crippen LogP contribution < -0.4 is 10.6 Å². The number of amides is 2. The summed E-state index contributed by atoms with van der Waals surface area (Å²) in [6.07, 6.45) is 4.53. The Morgan fingerprint density at radius 2 is 1.61 bits per heavy atom. The summed E-state index contributed by atoms with van der Waals surface area (Å²) in [6, 6.07) is 23.4. The van der Waals surface area contributed by atoms with Crippen molar-refractivity contribution in [2.45, 2.75) is 12.5 Å². The van der Waals surface area contributed by atoms with Crippen molar-refractivity contribution < 1.29 is 14.0 Å². The Kier molecular flexibility index (Phi) is 6.23. The normalized spacial score (nSPS) is 10.7. The van der Waals surface area contributed by atoms with Gasteiger partial charge in [0.2, 0.25) is 5.91 Å². The molecule has 0 aliphatic rings. The monoisotopic (exact) mass is 414 g/mol. The summed E-state index contributed by atoms with van der Waals surface area (Å²) in [4.78, 5) is 24.6. The Labute approximate surface area is 179 Å². The van der Waals surface area contributed by atoms with Crippen LogP contribution in [0.2, 0.25) is 0 Å². The van der Waals surface area contributed by atoms with E-state index in [2.05, 4.69) is 40.0 Å². The molecule has 0 spiro atoms. The molecule has 0 unspecified atom stereocenters. The lowest BCUT2D eigenvalue weighted by Crippen LogP contribution is -2.32. The van der Waals surface area contributed by atoms with E-state index in [1.807, 2.05) is 36.4 Å². The van der Waals surface area contributed by atoms with E-state index in [0.29, 0.717) is 12.2 Å². The third-order valence-electron chi connectivity index (χ3n) is 4.85. The quantitative estimate of drug-likeness (QED) is 0.460. The predicted molar refractivity (Wildman–Crippen MR) is 117 cm³/mol. The van der Waals surface area contributed by atoms with E-state index in [-0.39, 0.29) is 30.0 Å². The van der Waals surface area contributed by atoms with Gasteiger partial charge in [0.25, 0.3) is 5.91 Å². The number of nitrogens with one attached hydrogen (secondary N) is 2. The van der Waals surface area contributed by atoms with Gasteiger partial charge in [0.15, 0.2) is 5.76 Å². The molecule has 2 heterocycles. The summed E-state index contributed by atoms with van der Waals surface area (Å²) in [5, 5.41) is 9.83. The smallest absolute Gasteiger partial charge is 0.291 e. The van der Waals surface area contributed by atoms with E-state index >= 15 is 0 Å². The zero-order valence-corrected chi connectivity index (χ0v) is 16.8. The van der Waals surface area contributed by atoms with Crippen molar-refractivity contribution in [1.82, 2.24) is 15.1 Å². The molecule has 0 aliphatic carbocycles. The van der Waals surface area contributed by atoms with E-state index in [4.69, 9.17) is 4.42 Å². The molecule has 0 saturated heterocycles. The van der Waals surface area contributed by atoms with Gasteiger partial charge in [-0.3, -0.25) is 14.3 Å². The first-order valence-electron chi connectivity index (χ1n) is 9.93. The van der Waals surface area contributed by atoms with Crippen LogP contribution in [0.5, 0.6) is 0 Å². The standard InChI is InChI=1S/C24H22N4O3/c29-23(17-28-16-20(14-26-28)27-24(30)22-12-7-13-31-22)25-15-21(18-8-3-1-4-9-18)19-10-5-2-6-11-19/h1-14,16,21H,15,17H2,(H,25,29)(H,27,30). The van der Waals surface area contributed by atoms with Gasteiger partial charge in [0.1, 0.15) is 6.54 Å². The van der Waals surface area contributed by atoms with Gasteiger partial charge in [-0.1, -0.05) is 60.7 Å². The van der Waals surface area contributed by atoms with E-state index in [1.165, 1.54) is 17.1 Å². The molecule has 2 aromatic heterocycles. The Hall–Kier alpha value is -4.13. The van der Waals surface area contributed by atoms with Crippen molar-refractivity contribution in [2.24, 2.45) is 0 Å². The first-order valence-corrected chi connectivity index (χ1v) is 9.93. The van der Waals surface area contributed by atoms with Gasteiger partial charge in [-0.05, 0) is 23.3 Å². The molecule has 156 valence electrons. The minimum atomic E-state index is -0.373. The highest BCUT2D eigenvalue weighted by molar-refractivity contribution is 6.02. The molecule has 31 heavy (non-hydrogen) atoms. The lowest BCUT2D eigenvalue weighted by atomic mass is 9.91. The molecule has 2 amide bonds. The van der Waals surface area contributed by atoms with Crippen molar-refractivity contribution in [3.63, 3.8) is 0 Å². The third kappa shape index (κ3) is 5.27. The number of anilines is 1. The van der Waals surface area contributed by atoms with Gasteiger partial charge in [-0.15, -0.1) is 0 Å². The number of hydrogen-bond donors (Lipinski definition) is 2. The Morgan fingerprint density at radius 1 is 0.935 bits per heavy atom. The molecule has 4 aromatic rings. The van der Waals surface area contributed by atoms with E-state index < -0.39 is 0 Å². The van der Waals surface area contributed by atoms with Crippen LogP contribution in [0.4, 0.5) is 5.69 Å². The fourth-order valence-corrected chi connectivity index (χ4v) is 3.33. The first kappa shape index (κ1) is 20.2. The predicted octanol–water partition coefficient (Wildman–Crippen LogP) is 3.68. The Bertz CT molecular complexity index is 1080. The van der Waals surface area contributed by atoms with Crippen molar-refractivity contribution in [3.8, 4) is 0 Å². The van der Waals surface area contributed by atoms with Crippen LogP contribution in [0.15, 0.2) is 95.9 Å². The molecule has 0 saturated carbocycles. The van der Waals surface area contributed by atoms with Gasteiger partial charge in [-0.25, -0.2) is 0 Å². The summed E-state index contributed by atoms with van der Waals surface area (Å²) in [5.74, 6) is -0.281. The van der Waals surface area contributed by atoms with Gasteiger partial charge in [0.05, 0.1) is 18.1 Å². The fourth-order valence-electron chi connectivity index (χ4n) is 3.33. The zero-order chi connectivity index (χ0) is 21.5. The number of carbonyl (C=O) groups is 2. The van der Waals surface area contributed by atoms with Crippen LogP contribution in [0.1, 0.15) is 27.6 Å². The average Bonchev–Trinajstić information content (AvgIpc) is 3.48. The van der Waals surface area contributed by atoms with Crippen LogP contribution in [-0.2, 0) is 11.3 Å². The van der Waals surface area contributed by atoms with Crippen LogP contribution in [0.3, 0.4) is 0 Å². The molecule has 0 aliphatic heterocycles. The maximum atomic E-state index is 12.5. The molecule has 0 atom stereocenters. The van der Waals surface area contributed by atoms with Crippen LogP contribution in [-0.4, -0.2) is 28.1 Å². The van der Waals surface area contributed by atoms with Crippen molar-refractivity contribution in [3.05, 3.63) is 108 Å². The summed E-state index contributed by atoms with van der Waals surface area (Å²) in [7, 11) is 0. The highest BCUT2D eigenvalue weighted by atomic mass is 16.3. The summed E-state index contributed by atoms with van der Waals surface area (Å²) < 4.78 is 6.54. The molecule has 0 radical (unpaired) electrons. The summed E-state index contributed by atoms with van der Waals surface area (Å²) in [5.41, 5.74) is 2.76. The minimum Gasteiger partial charge on any atom is -0.459 e. The second-order valence-corrected chi connectivity index (χ2v) is 7.04. The van der Waals surface area contributed by atoms with Gasteiger partial charge < -0.3 is 15.1 Å². The Balaban J connectivity index is 1.36. The van der Waals surface area contributed by atoms with Gasteiger partial charge in [0, 0.05) is 18.7 Å². The summed E-state index contributed by atoms with van der Waals surface area (Å²) in [6.45, 7) is 0.517. The number of hydrogen-bond acceptors (Lipinski definition) is 4. The molecule has 4 rings (SSSR count). The first-order chi connectivity index (χ1) is 15.2. The molecule has 2 N–H and O–H groups in total. The second-order valence-electron chi connectivity index (χ2n) is 7.04. The van der Waals surface area contributed by atoms with Gasteiger partial charge in [-0.2, -0.15) is 5.10 Å². The Morgan fingerprint density at radius 3 is 2.23 bits per heavy atom. The van der Waals surface area contributed by atoms with Crippen LogP contribution in [0, 0.1) is 0 Å². The molecule has 0 bridgehead atoms. The number of rotatable bonds is 8. The fraction of sp³-hybridized carbons (Fsp3) is 0.125. The van der Waals surface area contributed by atoms with Gasteiger partial charge >= 0.3 is 0 Å². The van der Waals surface area contributed by atoms with Crippen molar-refractivity contribution >= 4 is 17.5 Å². The number of carbonyl (C=O) groups excluding carboxylic acids is 2. The lowest BCUT2D eigenvalue weighted by molar-refractivity contribution is -0.121. The maximum absolute atomic E-state index is 12.5. The van der Waals surface area contributed by atoms with Crippen LogP contribution in [0.25, 0.3) is 0 Å².